The molecule has 0 spiro atoms. The van der Waals surface area contributed by atoms with Gasteiger partial charge in [-0.15, -0.1) is 0 Å². The number of hydrogen-bond acceptors (Lipinski definition) is 1. The summed E-state index contributed by atoms with van der Waals surface area (Å²) in [5, 5.41) is 0.960. The van der Waals surface area contributed by atoms with E-state index in [-0.39, 0.29) is 12.4 Å². The highest BCUT2D eigenvalue weighted by Crippen LogP contribution is 2.27. The fraction of sp³-hybridized carbons (Fsp3) is 0.111. The summed E-state index contributed by atoms with van der Waals surface area (Å²) >= 11 is 3.29. The molecule has 0 fully saturated rings. The fourth-order valence-corrected chi connectivity index (χ4v) is 1.94. The van der Waals surface area contributed by atoms with Gasteiger partial charge in [0.05, 0.1) is 5.52 Å². The van der Waals surface area contributed by atoms with Crippen molar-refractivity contribution in [2.75, 3.05) is 0 Å². The first-order valence-corrected chi connectivity index (χ1v) is 4.67. The number of aromatic amines is 1. The molecule has 1 heterocycles. The van der Waals surface area contributed by atoms with Crippen LogP contribution in [0.25, 0.3) is 10.9 Å². The van der Waals surface area contributed by atoms with Crippen molar-refractivity contribution < 1.29 is 4.39 Å². The fourth-order valence-electron chi connectivity index (χ4n) is 1.41. The van der Waals surface area contributed by atoms with Gasteiger partial charge in [0.1, 0.15) is 5.82 Å². The summed E-state index contributed by atoms with van der Waals surface area (Å²) in [6, 6.07) is 3.33. The first kappa shape index (κ1) is 8.72. The highest BCUT2D eigenvalue weighted by Gasteiger charge is 2.09. The largest absolute Gasteiger partial charge is 0.361 e. The second-order valence-corrected chi connectivity index (χ2v) is 3.64. The third kappa shape index (κ3) is 1.26. The van der Waals surface area contributed by atoms with E-state index in [1.54, 1.807) is 6.20 Å². The minimum Gasteiger partial charge on any atom is -0.361 e. The lowest BCUT2D eigenvalue weighted by atomic mass is 10.1. The van der Waals surface area contributed by atoms with Gasteiger partial charge in [-0.25, -0.2) is 4.39 Å². The van der Waals surface area contributed by atoms with Crippen molar-refractivity contribution in [1.82, 2.24) is 4.98 Å². The molecule has 0 bridgehead atoms. The molecule has 0 unspecified atom stereocenters. The van der Waals surface area contributed by atoms with Crippen molar-refractivity contribution in [1.29, 1.82) is 0 Å². The van der Waals surface area contributed by atoms with Gasteiger partial charge in [-0.3, -0.25) is 0 Å². The van der Waals surface area contributed by atoms with Gasteiger partial charge in [-0.2, -0.15) is 0 Å². The molecule has 68 valence electrons. The summed E-state index contributed by atoms with van der Waals surface area (Å²) < 4.78 is 14.1. The van der Waals surface area contributed by atoms with Crippen LogP contribution in [-0.2, 0) is 6.54 Å². The predicted molar refractivity (Wildman–Crippen MR) is 53.8 cm³/mol. The molecular weight excluding hydrogens is 235 g/mol. The summed E-state index contributed by atoms with van der Waals surface area (Å²) in [6.45, 7) is 0.204. The normalized spacial score (nSPS) is 11.0. The molecule has 0 aliphatic carbocycles. The van der Waals surface area contributed by atoms with E-state index in [0.29, 0.717) is 5.56 Å². The Kier molecular flexibility index (Phi) is 2.09. The number of halogens is 2. The minimum absolute atomic E-state index is 0.204. The average Bonchev–Trinajstić information content (AvgIpc) is 2.53. The molecule has 0 atom stereocenters. The lowest BCUT2D eigenvalue weighted by Crippen LogP contribution is -2.01. The van der Waals surface area contributed by atoms with Crippen LogP contribution in [0.1, 0.15) is 5.56 Å². The summed E-state index contributed by atoms with van der Waals surface area (Å²) in [5.41, 5.74) is 6.75. The summed E-state index contributed by atoms with van der Waals surface area (Å²) in [4.78, 5) is 2.97. The summed E-state index contributed by atoms with van der Waals surface area (Å²) in [6.07, 6.45) is 1.77. The smallest absolute Gasteiger partial charge is 0.130 e. The van der Waals surface area contributed by atoms with E-state index in [0.717, 1.165) is 15.4 Å². The van der Waals surface area contributed by atoms with Crippen molar-refractivity contribution in [3.8, 4) is 0 Å². The van der Waals surface area contributed by atoms with Crippen LogP contribution in [0.2, 0.25) is 0 Å². The first-order valence-electron chi connectivity index (χ1n) is 3.88. The van der Waals surface area contributed by atoms with Gasteiger partial charge < -0.3 is 10.7 Å². The van der Waals surface area contributed by atoms with Crippen LogP contribution >= 0.6 is 15.9 Å². The molecule has 4 heteroatoms. The van der Waals surface area contributed by atoms with Crippen LogP contribution < -0.4 is 5.73 Å². The second kappa shape index (κ2) is 3.12. The van der Waals surface area contributed by atoms with Gasteiger partial charge in [0, 0.05) is 28.2 Å². The van der Waals surface area contributed by atoms with Crippen LogP contribution in [-0.4, -0.2) is 4.98 Å². The molecule has 2 aromatic rings. The molecule has 0 aliphatic rings. The minimum atomic E-state index is -0.274. The van der Waals surface area contributed by atoms with Crippen LogP contribution in [0.3, 0.4) is 0 Å². The molecule has 1 aromatic heterocycles. The number of hydrogen-bond donors (Lipinski definition) is 2. The van der Waals surface area contributed by atoms with E-state index < -0.39 is 0 Å². The maximum absolute atomic E-state index is 13.3. The molecule has 0 saturated carbocycles. The zero-order valence-corrected chi connectivity index (χ0v) is 8.36. The van der Waals surface area contributed by atoms with Crippen LogP contribution in [0.5, 0.6) is 0 Å². The zero-order valence-electron chi connectivity index (χ0n) is 6.77. The maximum Gasteiger partial charge on any atom is 0.130 e. The Morgan fingerprint density at radius 1 is 1.54 bits per heavy atom. The van der Waals surface area contributed by atoms with Gasteiger partial charge >= 0.3 is 0 Å². The van der Waals surface area contributed by atoms with E-state index in [1.807, 2.05) is 6.07 Å². The molecule has 0 aliphatic heterocycles. The number of nitrogens with one attached hydrogen (secondary N) is 1. The van der Waals surface area contributed by atoms with E-state index >= 15 is 0 Å². The number of fused-ring (bicyclic) bond motifs is 1. The molecule has 0 saturated heterocycles. The molecule has 2 nitrogen and oxygen atoms in total. The van der Waals surface area contributed by atoms with E-state index in [9.17, 15) is 4.39 Å². The first-order chi connectivity index (χ1) is 6.24. The van der Waals surface area contributed by atoms with Crippen molar-refractivity contribution in [2.45, 2.75) is 6.54 Å². The van der Waals surface area contributed by atoms with Gasteiger partial charge in [-0.05, 0) is 28.1 Å². The van der Waals surface area contributed by atoms with Crippen LogP contribution in [0.15, 0.2) is 22.8 Å². The van der Waals surface area contributed by atoms with Gasteiger partial charge in [0.2, 0.25) is 0 Å². The molecular formula is C9H8BrFN2. The topological polar surface area (TPSA) is 41.8 Å². The Labute approximate surface area is 83.1 Å². The van der Waals surface area contributed by atoms with Crippen molar-refractivity contribution >= 4 is 26.8 Å². The lowest BCUT2D eigenvalue weighted by Gasteiger charge is -2.03. The average molecular weight is 243 g/mol. The van der Waals surface area contributed by atoms with Crippen molar-refractivity contribution in [3.05, 3.63) is 34.2 Å². The standard InChI is InChI=1S/C9H8BrFN2/c10-7-3-8(11)6(4-12)9-5(7)1-2-13-9/h1-3,13H,4,12H2. The van der Waals surface area contributed by atoms with Gasteiger partial charge in [0.25, 0.3) is 0 Å². The maximum atomic E-state index is 13.3. The second-order valence-electron chi connectivity index (χ2n) is 2.79. The number of nitrogens with two attached hydrogens (primary N) is 1. The van der Waals surface area contributed by atoms with Gasteiger partial charge in [-0.1, -0.05) is 0 Å². The van der Waals surface area contributed by atoms with Crippen molar-refractivity contribution in [3.63, 3.8) is 0 Å². The lowest BCUT2D eigenvalue weighted by molar-refractivity contribution is 0.612. The quantitative estimate of drug-likeness (QED) is 0.793. The molecule has 3 N–H and O–H groups in total. The summed E-state index contributed by atoms with van der Waals surface area (Å²) in [5.74, 6) is -0.274. The molecule has 2 rings (SSSR count). The monoisotopic (exact) mass is 242 g/mol. The number of benzene rings is 1. The Bertz CT molecular complexity index is 450. The number of H-pyrrole nitrogens is 1. The van der Waals surface area contributed by atoms with Crippen LogP contribution in [0, 0.1) is 5.82 Å². The Morgan fingerprint density at radius 3 is 3.00 bits per heavy atom. The highest BCUT2D eigenvalue weighted by molar-refractivity contribution is 9.10. The van der Waals surface area contributed by atoms with Gasteiger partial charge in [0.15, 0.2) is 0 Å². The third-order valence-corrected chi connectivity index (χ3v) is 2.71. The number of rotatable bonds is 1. The zero-order chi connectivity index (χ0) is 9.42. The molecule has 13 heavy (non-hydrogen) atoms. The Balaban J connectivity index is 2.88. The SMILES string of the molecule is NCc1c(F)cc(Br)c2cc[nH]c12. The predicted octanol–water partition coefficient (Wildman–Crippen LogP) is 2.53. The Hall–Kier alpha value is -0.870. The molecule has 1 aromatic carbocycles. The summed E-state index contributed by atoms with van der Waals surface area (Å²) in [7, 11) is 0. The van der Waals surface area contributed by atoms with E-state index in [4.69, 9.17) is 5.73 Å². The molecule has 0 radical (unpaired) electrons. The highest BCUT2D eigenvalue weighted by atomic mass is 79.9. The van der Waals surface area contributed by atoms with Crippen molar-refractivity contribution in [2.24, 2.45) is 5.73 Å². The van der Waals surface area contributed by atoms with E-state index in [2.05, 4.69) is 20.9 Å². The Morgan fingerprint density at radius 2 is 2.31 bits per heavy atom. The number of aromatic nitrogens is 1. The molecule has 0 amide bonds. The van der Waals surface area contributed by atoms with Crippen LogP contribution in [0.4, 0.5) is 4.39 Å². The third-order valence-electron chi connectivity index (χ3n) is 2.05. The van der Waals surface area contributed by atoms with E-state index in [1.165, 1.54) is 6.07 Å².